The van der Waals surface area contributed by atoms with Crippen molar-refractivity contribution in [3.05, 3.63) is 63.3 Å². The smallest absolute Gasteiger partial charge is 0.0454 e. The van der Waals surface area contributed by atoms with Crippen LogP contribution in [0.3, 0.4) is 0 Å². The normalized spacial score (nSPS) is 13.9. The van der Waals surface area contributed by atoms with Crippen molar-refractivity contribution in [2.75, 3.05) is 6.54 Å². The van der Waals surface area contributed by atoms with Crippen LogP contribution in [-0.4, -0.2) is 11.5 Å². The lowest BCUT2D eigenvalue weighted by Gasteiger charge is -2.27. The Balaban J connectivity index is 2.36. The minimum absolute atomic E-state index is 0.178. The first-order valence-corrected chi connectivity index (χ1v) is 8.38. The van der Waals surface area contributed by atoms with Gasteiger partial charge in [0.1, 0.15) is 0 Å². The Bertz CT molecular complexity index is 574. The third-order valence-corrected chi connectivity index (χ3v) is 4.48. The average Bonchev–Trinajstić information content (AvgIpc) is 2.51. The third kappa shape index (κ3) is 4.29. The maximum absolute atomic E-state index is 6.43. The summed E-state index contributed by atoms with van der Waals surface area (Å²) in [7, 11) is 0. The van der Waals surface area contributed by atoms with Gasteiger partial charge in [-0.25, -0.2) is 0 Å². The van der Waals surface area contributed by atoms with Crippen LogP contribution in [0, 0.1) is 0 Å². The van der Waals surface area contributed by atoms with Gasteiger partial charge in [-0.2, -0.15) is 0 Å². The molecule has 0 aliphatic carbocycles. The van der Waals surface area contributed by atoms with E-state index in [-0.39, 0.29) is 6.04 Å². The van der Waals surface area contributed by atoms with Crippen LogP contribution in [0.5, 0.6) is 0 Å². The second-order valence-electron chi connectivity index (χ2n) is 5.17. The Morgan fingerprint density at radius 3 is 2.62 bits per heavy atom. The van der Waals surface area contributed by atoms with Gasteiger partial charge in [0.05, 0.1) is 0 Å². The van der Waals surface area contributed by atoms with Crippen LogP contribution in [0.15, 0.2) is 47.2 Å². The van der Waals surface area contributed by atoms with Gasteiger partial charge in [0.15, 0.2) is 0 Å². The number of pyridine rings is 1. The average molecular weight is 368 g/mol. The molecule has 0 amide bonds. The molecule has 2 nitrogen and oxygen atoms in total. The van der Waals surface area contributed by atoms with Crippen molar-refractivity contribution in [1.29, 1.82) is 0 Å². The van der Waals surface area contributed by atoms with Crippen LogP contribution >= 0.6 is 27.5 Å². The summed E-state index contributed by atoms with van der Waals surface area (Å²) in [5, 5.41) is 4.43. The molecule has 1 aromatic heterocycles. The summed E-state index contributed by atoms with van der Waals surface area (Å²) in [6.45, 7) is 5.35. The Morgan fingerprint density at radius 2 is 1.95 bits per heavy atom. The highest BCUT2D eigenvalue weighted by Gasteiger charge is 2.22. The van der Waals surface area contributed by atoms with Crippen LogP contribution in [-0.2, 0) is 0 Å². The predicted octanol–water partition coefficient (Wildman–Crippen LogP) is 5.34. The first-order valence-electron chi connectivity index (χ1n) is 7.21. The molecule has 0 bridgehead atoms. The van der Waals surface area contributed by atoms with Gasteiger partial charge in [0, 0.05) is 33.8 Å². The fraction of sp³-hybridized carbons (Fsp3) is 0.353. The van der Waals surface area contributed by atoms with Gasteiger partial charge < -0.3 is 5.32 Å². The molecule has 0 saturated heterocycles. The number of rotatable bonds is 6. The van der Waals surface area contributed by atoms with Crippen LogP contribution in [0.1, 0.15) is 43.4 Å². The Labute approximate surface area is 140 Å². The van der Waals surface area contributed by atoms with Crippen LogP contribution in [0.25, 0.3) is 0 Å². The topological polar surface area (TPSA) is 24.9 Å². The highest BCUT2D eigenvalue weighted by atomic mass is 79.9. The van der Waals surface area contributed by atoms with E-state index in [1.54, 1.807) is 0 Å². The van der Waals surface area contributed by atoms with E-state index in [4.69, 9.17) is 11.6 Å². The van der Waals surface area contributed by atoms with Crippen molar-refractivity contribution in [2.24, 2.45) is 0 Å². The van der Waals surface area contributed by atoms with E-state index >= 15 is 0 Å². The summed E-state index contributed by atoms with van der Waals surface area (Å²) in [5.41, 5.74) is 2.39. The SMILES string of the molecule is CCCNC(c1cc(Br)ccc1Cl)C(C)c1ccncc1. The molecule has 0 saturated carbocycles. The van der Waals surface area contributed by atoms with Crippen LogP contribution < -0.4 is 5.32 Å². The molecule has 0 radical (unpaired) electrons. The highest BCUT2D eigenvalue weighted by Crippen LogP contribution is 2.35. The zero-order valence-corrected chi connectivity index (χ0v) is 14.7. The zero-order chi connectivity index (χ0) is 15.2. The van der Waals surface area contributed by atoms with E-state index in [1.165, 1.54) is 5.56 Å². The molecule has 2 aromatic rings. The quantitative estimate of drug-likeness (QED) is 0.745. The van der Waals surface area contributed by atoms with E-state index in [0.29, 0.717) is 5.92 Å². The Morgan fingerprint density at radius 1 is 1.24 bits per heavy atom. The summed E-state index contributed by atoms with van der Waals surface area (Å²) >= 11 is 9.97. The van der Waals surface area contributed by atoms with Crippen molar-refractivity contribution in [2.45, 2.75) is 32.2 Å². The third-order valence-electron chi connectivity index (χ3n) is 3.64. The number of nitrogens with one attached hydrogen (secondary N) is 1. The first-order chi connectivity index (χ1) is 10.1. The largest absolute Gasteiger partial charge is 0.309 e. The number of aromatic nitrogens is 1. The molecule has 0 aliphatic rings. The van der Waals surface area contributed by atoms with Crippen LogP contribution in [0.4, 0.5) is 0 Å². The van der Waals surface area contributed by atoms with E-state index in [9.17, 15) is 0 Å². The molecule has 1 heterocycles. The van der Waals surface area contributed by atoms with Gasteiger partial charge >= 0.3 is 0 Å². The standard InChI is InChI=1S/C17H20BrClN2/c1-3-8-21-17(12(2)13-6-9-20-10-7-13)15-11-14(18)4-5-16(15)19/h4-7,9-12,17,21H,3,8H2,1-2H3. The highest BCUT2D eigenvalue weighted by molar-refractivity contribution is 9.10. The molecule has 2 atom stereocenters. The number of halogens is 2. The van der Waals surface area contributed by atoms with E-state index in [1.807, 2.05) is 24.5 Å². The number of nitrogens with zero attached hydrogens (tertiary/aromatic N) is 1. The molecular formula is C17H20BrClN2. The minimum atomic E-state index is 0.178. The molecule has 112 valence electrons. The maximum Gasteiger partial charge on any atom is 0.0454 e. The summed E-state index contributed by atoms with van der Waals surface area (Å²) in [6, 6.07) is 10.3. The fourth-order valence-corrected chi connectivity index (χ4v) is 3.08. The Kier molecular flexibility index (Phi) is 6.22. The first kappa shape index (κ1) is 16.5. The molecule has 21 heavy (non-hydrogen) atoms. The monoisotopic (exact) mass is 366 g/mol. The maximum atomic E-state index is 6.43. The molecule has 1 N–H and O–H groups in total. The predicted molar refractivity (Wildman–Crippen MR) is 92.8 cm³/mol. The van der Waals surface area contributed by atoms with Crippen molar-refractivity contribution in [1.82, 2.24) is 10.3 Å². The molecule has 0 aliphatic heterocycles. The van der Waals surface area contributed by atoms with Crippen molar-refractivity contribution >= 4 is 27.5 Å². The van der Waals surface area contributed by atoms with Gasteiger partial charge in [-0.15, -0.1) is 0 Å². The van der Waals surface area contributed by atoms with Crippen molar-refractivity contribution in [3.63, 3.8) is 0 Å². The van der Waals surface area contributed by atoms with Gasteiger partial charge in [-0.05, 0) is 54.4 Å². The number of benzene rings is 1. The molecule has 4 heteroatoms. The second kappa shape index (κ2) is 7.92. The number of hydrogen-bond acceptors (Lipinski definition) is 2. The molecule has 0 spiro atoms. The van der Waals surface area contributed by atoms with E-state index in [2.05, 4.69) is 58.3 Å². The van der Waals surface area contributed by atoms with E-state index in [0.717, 1.165) is 28.0 Å². The lowest BCUT2D eigenvalue weighted by molar-refractivity contribution is 0.466. The zero-order valence-electron chi connectivity index (χ0n) is 12.3. The Hall–Kier alpha value is -0.900. The van der Waals surface area contributed by atoms with Crippen molar-refractivity contribution < 1.29 is 0 Å². The summed E-state index contributed by atoms with van der Waals surface area (Å²) in [4.78, 5) is 4.10. The summed E-state index contributed by atoms with van der Waals surface area (Å²) in [5.74, 6) is 0.311. The molecule has 2 rings (SSSR count). The number of hydrogen-bond donors (Lipinski definition) is 1. The lowest BCUT2D eigenvalue weighted by atomic mass is 9.89. The second-order valence-corrected chi connectivity index (χ2v) is 6.49. The summed E-state index contributed by atoms with van der Waals surface area (Å²) < 4.78 is 1.05. The minimum Gasteiger partial charge on any atom is -0.309 e. The van der Waals surface area contributed by atoms with Gasteiger partial charge in [0.25, 0.3) is 0 Å². The van der Waals surface area contributed by atoms with Gasteiger partial charge in [-0.3, -0.25) is 4.98 Å². The van der Waals surface area contributed by atoms with Crippen molar-refractivity contribution in [3.8, 4) is 0 Å². The van der Waals surface area contributed by atoms with Gasteiger partial charge in [-0.1, -0.05) is 41.4 Å². The fourth-order valence-electron chi connectivity index (χ4n) is 2.47. The summed E-state index contributed by atoms with van der Waals surface area (Å²) in [6.07, 6.45) is 4.77. The van der Waals surface area contributed by atoms with Gasteiger partial charge in [0.2, 0.25) is 0 Å². The molecule has 2 unspecified atom stereocenters. The van der Waals surface area contributed by atoms with Crippen LogP contribution in [0.2, 0.25) is 5.02 Å². The molecule has 1 aromatic carbocycles. The molecular weight excluding hydrogens is 348 g/mol. The molecule has 0 fully saturated rings. The van der Waals surface area contributed by atoms with E-state index < -0.39 is 0 Å². The lowest BCUT2D eigenvalue weighted by Crippen LogP contribution is -2.27.